The van der Waals surface area contributed by atoms with E-state index in [1.807, 2.05) is 36.2 Å². The van der Waals surface area contributed by atoms with Crippen molar-refractivity contribution in [2.45, 2.75) is 108 Å². The molecule has 0 amide bonds. The van der Waals surface area contributed by atoms with Crippen molar-refractivity contribution in [2.24, 2.45) is 5.41 Å². The molecule has 0 radical (unpaired) electrons. The first-order valence-electron chi connectivity index (χ1n) is 20.4. The van der Waals surface area contributed by atoms with Gasteiger partial charge in [0, 0.05) is 62.3 Å². The number of rotatable bonds is 12. The predicted octanol–water partition coefficient (Wildman–Crippen LogP) is 10.3. The lowest BCUT2D eigenvalue weighted by Crippen LogP contribution is -2.36. The molecule has 0 spiro atoms. The third kappa shape index (κ3) is 9.64. The monoisotopic (exact) mass is 825 g/mol. The predicted molar refractivity (Wildman–Crippen MR) is 214 cm³/mol. The Morgan fingerprint density at radius 2 is 1.56 bits per heavy atom. The zero-order valence-electron chi connectivity index (χ0n) is 34.0. The summed E-state index contributed by atoms with van der Waals surface area (Å²) in [7, 11) is 3.43. The van der Waals surface area contributed by atoms with E-state index in [0.717, 1.165) is 34.6 Å². The van der Waals surface area contributed by atoms with Gasteiger partial charge in [-0.05, 0) is 90.8 Å². The Bertz CT molecular complexity index is 2030. The standard InChI is InChI=1S/C45H53F6N5O3/c1-43(2)23-35-38(36(24-43)59-27-28-5-11-34(58-4)12-6-28)37(29-13-17-44(47,48)18-14-29)39(40(46)30-7-9-32(10-8-30)45(49,50)51)41(54-35)31-15-19-56(20-16-31)42-52-25-33(26-53-42)55(3)21-22-57/h5-12,25-26,29,31,36,40,57H,13-24,27H2,1-4H3/t36-,40?/m0/s1. The molecule has 2 fully saturated rings. The van der Waals surface area contributed by atoms with Gasteiger partial charge in [0.15, 0.2) is 6.17 Å². The van der Waals surface area contributed by atoms with Crippen LogP contribution in [-0.2, 0) is 23.9 Å². The molecule has 1 aliphatic heterocycles. The molecular weight excluding hydrogens is 773 g/mol. The molecule has 59 heavy (non-hydrogen) atoms. The molecule has 3 heterocycles. The fraction of sp³-hybridized carbons (Fsp3) is 0.533. The molecule has 14 heteroatoms. The van der Waals surface area contributed by atoms with Crippen LogP contribution in [0.3, 0.4) is 0 Å². The number of benzene rings is 2. The number of hydrogen-bond donors (Lipinski definition) is 1. The van der Waals surface area contributed by atoms with Crippen LogP contribution in [0.25, 0.3) is 0 Å². The Morgan fingerprint density at radius 1 is 0.915 bits per heavy atom. The maximum absolute atomic E-state index is 17.8. The zero-order chi connectivity index (χ0) is 42.1. The lowest BCUT2D eigenvalue weighted by atomic mass is 9.68. The van der Waals surface area contributed by atoms with Crippen LogP contribution < -0.4 is 14.5 Å². The number of halogens is 6. The number of aliphatic hydroxyl groups excluding tert-OH is 1. The summed E-state index contributed by atoms with van der Waals surface area (Å²) in [5.41, 5.74) is 3.52. The summed E-state index contributed by atoms with van der Waals surface area (Å²) in [6.45, 7) is 6.02. The average molecular weight is 826 g/mol. The Labute approximate surface area is 342 Å². The highest BCUT2D eigenvalue weighted by Gasteiger charge is 2.44. The Kier molecular flexibility index (Phi) is 12.5. The van der Waals surface area contributed by atoms with E-state index in [-0.39, 0.29) is 61.4 Å². The number of piperidine rings is 1. The smallest absolute Gasteiger partial charge is 0.416 e. The largest absolute Gasteiger partial charge is 0.497 e. The molecule has 1 saturated carbocycles. The number of nitrogens with zero attached hydrogens (tertiary/aromatic N) is 5. The second kappa shape index (κ2) is 17.3. The molecule has 2 atom stereocenters. The van der Waals surface area contributed by atoms with Crippen molar-refractivity contribution in [3.05, 3.63) is 106 Å². The van der Waals surface area contributed by atoms with Crippen molar-refractivity contribution in [2.75, 3.05) is 50.2 Å². The number of alkyl halides is 6. The molecule has 3 aliphatic rings. The molecule has 318 valence electrons. The van der Waals surface area contributed by atoms with Crippen molar-refractivity contribution in [1.29, 1.82) is 0 Å². The number of anilines is 2. The van der Waals surface area contributed by atoms with Gasteiger partial charge in [0.05, 0.1) is 55.8 Å². The van der Waals surface area contributed by atoms with Gasteiger partial charge in [0.25, 0.3) is 0 Å². The van der Waals surface area contributed by atoms with Gasteiger partial charge in [-0.1, -0.05) is 38.1 Å². The Hall–Kier alpha value is -4.43. The SMILES string of the molecule is COc1ccc(CO[C@H]2CC(C)(C)Cc3nc(C4CCN(c5ncc(N(C)CCO)cn5)CC4)c(C(F)c4ccc(C(F)(F)F)cc4)c(C4CCC(F)(F)CC4)c32)cc1. The molecule has 2 aromatic heterocycles. The lowest BCUT2D eigenvalue weighted by molar-refractivity contribution is -0.137. The van der Waals surface area contributed by atoms with Crippen molar-refractivity contribution >= 4 is 11.6 Å². The van der Waals surface area contributed by atoms with Gasteiger partial charge >= 0.3 is 6.18 Å². The topological polar surface area (TPSA) is 83.8 Å². The van der Waals surface area contributed by atoms with E-state index in [1.54, 1.807) is 19.5 Å². The maximum atomic E-state index is 17.8. The Balaban J connectivity index is 1.32. The van der Waals surface area contributed by atoms with E-state index in [1.165, 1.54) is 12.1 Å². The van der Waals surface area contributed by atoms with E-state index < -0.39 is 35.9 Å². The second-order valence-corrected chi connectivity index (χ2v) is 17.1. The first-order valence-corrected chi connectivity index (χ1v) is 20.4. The number of hydrogen-bond acceptors (Lipinski definition) is 8. The molecule has 7 rings (SSSR count). The lowest BCUT2D eigenvalue weighted by Gasteiger charge is -2.42. The van der Waals surface area contributed by atoms with Crippen LogP contribution in [0.5, 0.6) is 5.75 Å². The Morgan fingerprint density at radius 3 is 2.15 bits per heavy atom. The second-order valence-electron chi connectivity index (χ2n) is 17.1. The van der Waals surface area contributed by atoms with E-state index in [0.29, 0.717) is 68.3 Å². The maximum Gasteiger partial charge on any atom is 0.416 e. The van der Waals surface area contributed by atoms with Crippen LogP contribution in [0.2, 0.25) is 0 Å². The highest BCUT2D eigenvalue weighted by molar-refractivity contribution is 5.52. The minimum atomic E-state index is -4.60. The van der Waals surface area contributed by atoms with Crippen molar-refractivity contribution < 1.29 is 40.9 Å². The molecule has 2 aliphatic carbocycles. The van der Waals surface area contributed by atoms with E-state index in [4.69, 9.17) is 14.5 Å². The van der Waals surface area contributed by atoms with Gasteiger partial charge in [-0.2, -0.15) is 13.2 Å². The van der Waals surface area contributed by atoms with Gasteiger partial charge in [-0.3, -0.25) is 4.98 Å². The summed E-state index contributed by atoms with van der Waals surface area (Å²) in [4.78, 5) is 18.4. The number of aliphatic hydroxyl groups is 1. The van der Waals surface area contributed by atoms with E-state index in [2.05, 4.69) is 28.7 Å². The van der Waals surface area contributed by atoms with Crippen molar-refractivity contribution in [3.63, 3.8) is 0 Å². The first-order chi connectivity index (χ1) is 28.1. The third-order valence-corrected chi connectivity index (χ3v) is 12.3. The number of ether oxygens (including phenoxy) is 2. The molecule has 8 nitrogen and oxygen atoms in total. The summed E-state index contributed by atoms with van der Waals surface area (Å²) >= 11 is 0. The van der Waals surface area contributed by atoms with Gasteiger partial charge in [0.2, 0.25) is 11.9 Å². The van der Waals surface area contributed by atoms with Crippen LogP contribution in [0.4, 0.5) is 38.0 Å². The summed E-state index contributed by atoms with van der Waals surface area (Å²) in [5, 5.41) is 9.33. The number of methoxy groups -OCH3 is 1. The summed E-state index contributed by atoms with van der Waals surface area (Å²) in [6.07, 6.45) is -1.76. The molecule has 2 aromatic carbocycles. The molecule has 1 N–H and O–H groups in total. The summed E-state index contributed by atoms with van der Waals surface area (Å²) in [5.74, 6) is -2.27. The molecule has 1 saturated heterocycles. The van der Waals surface area contributed by atoms with E-state index >= 15 is 4.39 Å². The number of likely N-dealkylation sites (N-methyl/N-ethyl adjacent to an activating group) is 1. The number of aromatic nitrogens is 3. The van der Waals surface area contributed by atoms with E-state index in [9.17, 15) is 27.1 Å². The fourth-order valence-electron chi connectivity index (χ4n) is 9.05. The minimum Gasteiger partial charge on any atom is -0.497 e. The highest BCUT2D eigenvalue weighted by Crippen LogP contribution is 2.53. The number of pyridine rings is 1. The third-order valence-electron chi connectivity index (χ3n) is 12.3. The zero-order valence-corrected chi connectivity index (χ0v) is 34.0. The van der Waals surface area contributed by atoms with Crippen LogP contribution in [0.15, 0.2) is 60.9 Å². The molecular formula is C45H53F6N5O3. The highest BCUT2D eigenvalue weighted by atomic mass is 19.4. The number of fused-ring (bicyclic) bond motifs is 1. The van der Waals surface area contributed by atoms with Gasteiger partial charge in [0.1, 0.15) is 5.75 Å². The van der Waals surface area contributed by atoms with Gasteiger partial charge in [-0.25, -0.2) is 23.1 Å². The van der Waals surface area contributed by atoms with Crippen LogP contribution >= 0.6 is 0 Å². The molecule has 1 unspecified atom stereocenters. The van der Waals surface area contributed by atoms with Crippen LogP contribution in [0, 0.1) is 5.41 Å². The first kappa shape index (κ1) is 42.7. The normalized spacial score (nSPS) is 20.3. The summed E-state index contributed by atoms with van der Waals surface area (Å²) < 4.78 is 101. The van der Waals surface area contributed by atoms with Gasteiger partial charge in [-0.15, -0.1) is 0 Å². The quantitative estimate of drug-likeness (QED) is 0.141. The average Bonchev–Trinajstić information content (AvgIpc) is 3.21. The summed E-state index contributed by atoms with van der Waals surface area (Å²) in [6, 6.07) is 11.7. The van der Waals surface area contributed by atoms with Crippen LogP contribution in [0.1, 0.15) is 128 Å². The molecule has 0 bridgehead atoms. The van der Waals surface area contributed by atoms with Crippen molar-refractivity contribution in [1.82, 2.24) is 15.0 Å². The van der Waals surface area contributed by atoms with Crippen LogP contribution in [-0.4, -0.2) is 66.4 Å². The minimum absolute atomic E-state index is 0.00704. The van der Waals surface area contributed by atoms with Crippen molar-refractivity contribution in [3.8, 4) is 5.75 Å². The molecule has 4 aromatic rings. The fourth-order valence-corrected chi connectivity index (χ4v) is 9.05. The van der Waals surface area contributed by atoms with Gasteiger partial charge < -0.3 is 24.4 Å².